The van der Waals surface area contributed by atoms with Gasteiger partial charge in [0.25, 0.3) is 5.91 Å². The number of pyridine rings is 1. The summed E-state index contributed by atoms with van der Waals surface area (Å²) in [5, 5.41) is 12.5. The lowest BCUT2D eigenvalue weighted by atomic mass is 10.2. The highest BCUT2D eigenvalue weighted by Gasteiger charge is 2.11. The van der Waals surface area contributed by atoms with E-state index < -0.39 is 0 Å². The number of nitrogens with zero attached hydrogens (tertiary/aromatic N) is 1. The van der Waals surface area contributed by atoms with Gasteiger partial charge in [-0.2, -0.15) is 0 Å². The molecule has 2 aromatic rings. The van der Waals surface area contributed by atoms with E-state index in [9.17, 15) is 9.59 Å². The summed E-state index contributed by atoms with van der Waals surface area (Å²) < 4.78 is 10.2. The Morgan fingerprint density at radius 2 is 1.58 bits per heavy atom. The molecular weight excluding hydrogens is 480 g/mol. The lowest BCUT2D eigenvalue weighted by Gasteiger charge is -2.12. The molecule has 0 fully saturated rings. The Morgan fingerprint density at radius 3 is 2.00 bits per heavy atom. The molecule has 0 saturated carbocycles. The van der Waals surface area contributed by atoms with Gasteiger partial charge in [-0.1, -0.05) is 53.1 Å². The molecule has 0 aliphatic heterocycles. The highest BCUT2D eigenvalue weighted by molar-refractivity contribution is 6.32. The maximum absolute atomic E-state index is 11.8. The van der Waals surface area contributed by atoms with Crippen molar-refractivity contribution in [1.82, 2.24) is 15.6 Å². The first-order chi connectivity index (χ1) is 17.2. The maximum atomic E-state index is 11.8. The SMILES string of the molecule is CC.CC.CC.CNC(=O)CNC(=O)c1ccc(OC(C)C)c(Cl)c1.COC(=N)c1ccc(C)nc1. The maximum Gasteiger partial charge on any atom is 0.251 e. The molecule has 0 radical (unpaired) electrons. The van der Waals surface area contributed by atoms with Gasteiger partial charge in [0.2, 0.25) is 11.8 Å². The summed E-state index contributed by atoms with van der Waals surface area (Å²) in [5.41, 5.74) is 2.03. The molecule has 0 bridgehead atoms. The number of hydrogen-bond donors (Lipinski definition) is 3. The van der Waals surface area contributed by atoms with Crippen LogP contribution < -0.4 is 15.4 Å². The molecule has 0 aliphatic carbocycles. The molecule has 3 N–H and O–H groups in total. The van der Waals surface area contributed by atoms with Crippen LogP contribution in [0.4, 0.5) is 0 Å². The highest BCUT2D eigenvalue weighted by atomic mass is 35.5. The third-order valence-corrected chi connectivity index (χ3v) is 3.92. The van der Waals surface area contributed by atoms with Gasteiger partial charge >= 0.3 is 0 Å². The zero-order chi connectivity index (χ0) is 28.7. The predicted octanol–water partition coefficient (Wildman–Crippen LogP) is 6.04. The second-order valence-corrected chi connectivity index (χ2v) is 6.80. The predicted molar refractivity (Wildman–Crippen MR) is 150 cm³/mol. The summed E-state index contributed by atoms with van der Waals surface area (Å²) in [4.78, 5) is 26.8. The molecule has 36 heavy (non-hydrogen) atoms. The van der Waals surface area contributed by atoms with Gasteiger partial charge < -0.3 is 20.1 Å². The fourth-order valence-corrected chi connectivity index (χ4v) is 2.29. The smallest absolute Gasteiger partial charge is 0.251 e. The van der Waals surface area contributed by atoms with Crippen molar-refractivity contribution in [3.05, 3.63) is 58.4 Å². The second kappa shape index (κ2) is 23.6. The Morgan fingerprint density at radius 1 is 1.03 bits per heavy atom. The Labute approximate surface area is 222 Å². The summed E-state index contributed by atoms with van der Waals surface area (Å²) in [7, 11) is 2.98. The standard InChI is InChI=1S/C13H17ClN2O3.C8H10N2O.3C2H6/c1-8(2)19-11-5-4-9(6-10(11)14)13(18)16-7-12(17)15-3;1-6-3-4-7(5-10-6)8(9)11-2;3*1-2/h4-6,8H,7H2,1-3H3,(H,15,17)(H,16,18);3-5,9H,1-2H3;3*1-2H3. The van der Waals surface area contributed by atoms with Gasteiger partial charge in [0.15, 0.2) is 0 Å². The molecular formula is C27H45ClN4O4. The number of hydrogen-bond acceptors (Lipinski definition) is 6. The van der Waals surface area contributed by atoms with Gasteiger partial charge in [-0.15, -0.1) is 0 Å². The van der Waals surface area contributed by atoms with Crippen molar-refractivity contribution in [3.8, 4) is 5.75 Å². The summed E-state index contributed by atoms with van der Waals surface area (Å²) in [6.45, 7) is 17.6. The third kappa shape index (κ3) is 16.5. The van der Waals surface area contributed by atoms with E-state index in [4.69, 9.17) is 26.5 Å². The van der Waals surface area contributed by atoms with Crippen LogP contribution in [-0.2, 0) is 9.53 Å². The number of halogens is 1. The van der Waals surface area contributed by atoms with Crippen molar-refractivity contribution in [3.63, 3.8) is 0 Å². The number of methoxy groups -OCH3 is 1. The van der Waals surface area contributed by atoms with Crippen molar-refractivity contribution >= 4 is 29.3 Å². The molecule has 0 unspecified atom stereocenters. The van der Waals surface area contributed by atoms with E-state index in [-0.39, 0.29) is 30.4 Å². The van der Waals surface area contributed by atoms with E-state index in [1.54, 1.807) is 18.3 Å². The minimum atomic E-state index is -0.360. The van der Waals surface area contributed by atoms with Crippen molar-refractivity contribution in [2.24, 2.45) is 0 Å². The monoisotopic (exact) mass is 524 g/mol. The molecule has 8 nitrogen and oxygen atoms in total. The lowest BCUT2D eigenvalue weighted by molar-refractivity contribution is -0.119. The van der Waals surface area contributed by atoms with Crippen LogP contribution in [0.3, 0.4) is 0 Å². The fraction of sp³-hybridized carbons (Fsp3) is 0.481. The van der Waals surface area contributed by atoms with Crippen LogP contribution in [0, 0.1) is 12.3 Å². The van der Waals surface area contributed by atoms with E-state index in [1.165, 1.54) is 20.2 Å². The van der Waals surface area contributed by atoms with Crippen molar-refractivity contribution in [2.75, 3.05) is 20.7 Å². The largest absolute Gasteiger partial charge is 0.489 e. The number of aromatic nitrogens is 1. The summed E-state index contributed by atoms with van der Waals surface area (Å²) in [5.74, 6) is 0.0535. The Bertz CT molecular complexity index is 873. The summed E-state index contributed by atoms with van der Waals surface area (Å²) in [6, 6.07) is 8.41. The first kappa shape index (κ1) is 37.4. The summed E-state index contributed by atoms with van der Waals surface area (Å²) >= 11 is 6.02. The molecule has 9 heteroatoms. The fourth-order valence-electron chi connectivity index (χ4n) is 2.06. The van der Waals surface area contributed by atoms with Crippen molar-refractivity contribution in [1.29, 1.82) is 5.41 Å². The van der Waals surface area contributed by atoms with E-state index >= 15 is 0 Å². The number of nitrogens with one attached hydrogen (secondary N) is 3. The average Bonchev–Trinajstić information content (AvgIpc) is 2.91. The molecule has 0 spiro atoms. The number of likely N-dealkylation sites (N-methyl/N-ethyl adjacent to an activating group) is 1. The average molecular weight is 525 g/mol. The molecule has 2 rings (SSSR count). The number of rotatable bonds is 6. The van der Waals surface area contributed by atoms with Crippen molar-refractivity contribution in [2.45, 2.75) is 68.4 Å². The number of benzene rings is 1. The molecule has 1 aromatic heterocycles. The van der Waals surface area contributed by atoms with Crippen LogP contribution in [0.2, 0.25) is 5.02 Å². The topological polar surface area (TPSA) is 113 Å². The number of ether oxygens (including phenoxy) is 2. The molecule has 0 saturated heterocycles. The molecule has 0 atom stereocenters. The number of amides is 2. The molecule has 1 aromatic carbocycles. The molecule has 204 valence electrons. The zero-order valence-corrected chi connectivity index (χ0v) is 24.5. The van der Waals surface area contributed by atoms with Crippen LogP contribution in [-0.4, -0.2) is 49.5 Å². The quantitative estimate of drug-likeness (QED) is 0.314. The van der Waals surface area contributed by atoms with Gasteiger partial charge in [0.1, 0.15) is 5.75 Å². The van der Waals surface area contributed by atoms with Gasteiger partial charge in [-0.25, -0.2) is 0 Å². The first-order valence-corrected chi connectivity index (χ1v) is 12.6. The number of carbonyl (C=O) groups excluding carboxylic acids is 2. The van der Waals surface area contributed by atoms with E-state index in [0.717, 1.165) is 5.69 Å². The summed E-state index contributed by atoms with van der Waals surface area (Å²) in [6.07, 6.45) is 1.63. The molecule has 1 heterocycles. The highest BCUT2D eigenvalue weighted by Crippen LogP contribution is 2.26. The van der Waals surface area contributed by atoms with Crippen LogP contribution in [0.1, 0.15) is 77.0 Å². The van der Waals surface area contributed by atoms with Crippen LogP contribution in [0.25, 0.3) is 0 Å². The van der Waals surface area contributed by atoms with Crippen LogP contribution in [0.5, 0.6) is 5.75 Å². The lowest BCUT2D eigenvalue weighted by Crippen LogP contribution is -2.35. The van der Waals surface area contributed by atoms with E-state index in [2.05, 4.69) is 15.6 Å². The Balaban J connectivity index is -0.000000543. The first-order valence-electron chi connectivity index (χ1n) is 12.2. The van der Waals surface area contributed by atoms with E-state index in [0.29, 0.717) is 21.9 Å². The minimum absolute atomic E-state index is 0.00502. The van der Waals surface area contributed by atoms with Gasteiger partial charge in [0.05, 0.1) is 30.3 Å². The second-order valence-electron chi connectivity index (χ2n) is 6.39. The van der Waals surface area contributed by atoms with Crippen molar-refractivity contribution < 1.29 is 19.1 Å². The molecule has 0 aliphatic rings. The number of aryl methyl sites for hydroxylation is 1. The Kier molecular flexibility index (Phi) is 24.5. The third-order valence-electron chi connectivity index (χ3n) is 3.62. The van der Waals surface area contributed by atoms with Gasteiger partial charge in [0, 0.05) is 24.5 Å². The zero-order valence-electron chi connectivity index (χ0n) is 23.7. The molecule has 2 amide bonds. The minimum Gasteiger partial charge on any atom is -0.489 e. The van der Waals surface area contributed by atoms with Crippen LogP contribution >= 0.6 is 11.6 Å². The van der Waals surface area contributed by atoms with Gasteiger partial charge in [-0.05, 0) is 51.1 Å². The Hall–Kier alpha value is -3.13. The van der Waals surface area contributed by atoms with E-state index in [1.807, 2.05) is 74.4 Å². The normalized spacial score (nSPS) is 8.69. The van der Waals surface area contributed by atoms with Gasteiger partial charge in [-0.3, -0.25) is 20.0 Å². The number of carbonyl (C=O) groups is 2. The van der Waals surface area contributed by atoms with Crippen LogP contribution in [0.15, 0.2) is 36.5 Å².